The van der Waals surface area contributed by atoms with Crippen LogP contribution in [0.3, 0.4) is 0 Å². The molecule has 0 unspecified atom stereocenters. The average molecular weight is 337 g/mol. The van der Waals surface area contributed by atoms with Crippen molar-refractivity contribution in [2.24, 2.45) is 0 Å². The minimum atomic E-state index is -3.66. The van der Waals surface area contributed by atoms with E-state index in [-0.39, 0.29) is 16.5 Å². The van der Waals surface area contributed by atoms with Crippen LogP contribution in [0.5, 0.6) is 0 Å². The van der Waals surface area contributed by atoms with E-state index in [1.807, 2.05) is 0 Å². The minimum absolute atomic E-state index is 0.0671. The quantitative estimate of drug-likeness (QED) is 0.779. The first kappa shape index (κ1) is 17.5. The summed E-state index contributed by atoms with van der Waals surface area (Å²) in [4.78, 5) is 0.0671. The van der Waals surface area contributed by atoms with E-state index in [4.69, 9.17) is 23.2 Å². The van der Waals surface area contributed by atoms with Gasteiger partial charge in [0.2, 0.25) is 10.0 Å². The maximum Gasteiger partial charge on any atom is 0.244 e. The molecule has 7 heteroatoms. The van der Waals surface area contributed by atoms with Gasteiger partial charge in [-0.05, 0) is 19.2 Å². The van der Waals surface area contributed by atoms with Crippen molar-refractivity contribution in [1.82, 2.24) is 9.62 Å². The molecular formula is C13H18Cl2N2O2S. The molecule has 1 rings (SSSR count). The molecule has 0 saturated heterocycles. The fraction of sp³-hybridized carbons (Fsp3) is 0.385. The first-order chi connectivity index (χ1) is 9.39. The molecule has 0 amide bonds. The Hall–Kier alpha value is -0.590. The first-order valence-electron chi connectivity index (χ1n) is 6.12. The number of benzene rings is 1. The van der Waals surface area contributed by atoms with Crippen molar-refractivity contribution in [3.63, 3.8) is 0 Å². The summed E-state index contributed by atoms with van der Waals surface area (Å²) >= 11 is 12.3. The van der Waals surface area contributed by atoms with Gasteiger partial charge in [0.25, 0.3) is 0 Å². The Kier molecular flexibility index (Phi) is 6.48. The van der Waals surface area contributed by atoms with Crippen molar-refractivity contribution in [1.29, 1.82) is 0 Å². The Bertz CT molecular complexity index is 588. The SMILES string of the molecule is C=CCN(CC)S(=O)(=O)c1ccc(Cl)c(CNC)c1Cl. The van der Waals surface area contributed by atoms with E-state index in [2.05, 4.69) is 11.9 Å². The van der Waals surface area contributed by atoms with Crippen LogP contribution in [-0.4, -0.2) is 32.9 Å². The number of likely N-dealkylation sites (N-methyl/N-ethyl adjacent to an activating group) is 1. The summed E-state index contributed by atoms with van der Waals surface area (Å²) in [7, 11) is -1.92. The third-order valence-electron chi connectivity index (χ3n) is 2.81. The highest BCUT2D eigenvalue weighted by atomic mass is 35.5. The van der Waals surface area contributed by atoms with Gasteiger partial charge in [-0.3, -0.25) is 0 Å². The second-order valence-corrected chi connectivity index (χ2v) is 6.80. The van der Waals surface area contributed by atoms with Gasteiger partial charge in [0.05, 0.1) is 5.02 Å². The zero-order valence-corrected chi connectivity index (χ0v) is 13.8. The van der Waals surface area contributed by atoms with Crippen LogP contribution in [-0.2, 0) is 16.6 Å². The van der Waals surface area contributed by atoms with E-state index in [0.29, 0.717) is 23.7 Å². The van der Waals surface area contributed by atoms with Crippen molar-refractivity contribution in [2.75, 3.05) is 20.1 Å². The number of rotatable bonds is 7. The van der Waals surface area contributed by atoms with Crippen LogP contribution in [0.25, 0.3) is 0 Å². The van der Waals surface area contributed by atoms with Crippen LogP contribution in [0.4, 0.5) is 0 Å². The topological polar surface area (TPSA) is 49.4 Å². The number of hydrogen-bond acceptors (Lipinski definition) is 3. The van der Waals surface area contributed by atoms with Crippen LogP contribution >= 0.6 is 23.2 Å². The lowest BCUT2D eigenvalue weighted by atomic mass is 10.2. The second-order valence-electron chi connectivity index (χ2n) is 4.11. The standard InChI is InChI=1S/C13H18Cl2N2O2S/c1-4-8-17(5-2)20(18,19)12-7-6-11(14)10(9-16-3)13(12)15/h4,6-7,16H,1,5,8-9H2,2-3H3. The van der Waals surface area contributed by atoms with Gasteiger partial charge in [0, 0.05) is 30.2 Å². The molecule has 0 spiro atoms. The van der Waals surface area contributed by atoms with Crippen LogP contribution in [0.1, 0.15) is 12.5 Å². The molecule has 4 nitrogen and oxygen atoms in total. The molecule has 0 aliphatic carbocycles. The molecule has 0 aliphatic heterocycles. The molecule has 0 bridgehead atoms. The highest BCUT2D eigenvalue weighted by Gasteiger charge is 2.26. The molecule has 0 aliphatic rings. The Morgan fingerprint density at radius 2 is 2.05 bits per heavy atom. The Morgan fingerprint density at radius 3 is 2.55 bits per heavy atom. The van der Waals surface area contributed by atoms with Crippen molar-refractivity contribution in [3.8, 4) is 0 Å². The van der Waals surface area contributed by atoms with Gasteiger partial charge in [-0.15, -0.1) is 6.58 Å². The van der Waals surface area contributed by atoms with Crippen molar-refractivity contribution < 1.29 is 8.42 Å². The molecule has 1 aromatic carbocycles. The summed E-state index contributed by atoms with van der Waals surface area (Å²) in [5.74, 6) is 0. The fourth-order valence-corrected chi connectivity index (χ4v) is 4.10. The number of nitrogens with zero attached hydrogens (tertiary/aromatic N) is 1. The van der Waals surface area contributed by atoms with Crippen molar-refractivity contribution in [3.05, 3.63) is 40.4 Å². The lowest BCUT2D eigenvalue weighted by Crippen LogP contribution is -2.31. The zero-order chi connectivity index (χ0) is 15.3. The Morgan fingerprint density at radius 1 is 1.40 bits per heavy atom. The van der Waals surface area contributed by atoms with Crippen LogP contribution in [0.15, 0.2) is 29.7 Å². The van der Waals surface area contributed by atoms with Gasteiger partial charge >= 0.3 is 0 Å². The number of hydrogen-bond donors (Lipinski definition) is 1. The predicted molar refractivity (Wildman–Crippen MR) is 83.9 cm³/mol. The van der Waals surface area contributed by atoms with Crippen LogP contribution < -0.4 is 5.32 Å². The van der Waals surface area contributed by atoms with E-state index in [9.17, 15) is 8.42 Å². The Balaban J connectivity index is 3.39. The smallest absolute Gasteiger partial charge is 0.244 e. The summed E-state index contributed by atoms with van der Waals surface area (Å²) in [5.41, 5.74) is 0.576. The van der Waals surface area contributed by atoms with Gasteiger partial charge in [-0.25, -0.2) is 8.42 Å². The molecule has 0 aromatic heterocycles. The highest BCUT2D eigenvalue weighted by Crippen LogP contribution is 2.32. The molecule has 0 atom stereocenters. The molecule has 1 N–H and O–H groups in total. The normalized spacial score (nSPS) is 11.8. The molecule has 0 fully saturated rings. The van der Waals surface area contributed by atoms with Crippen LogP contribution in [0, 0.1) is 0 Å². The van der Waals surface area contributed by atoms with Crippen LogP contribution in [0.2, 0.25) is 10.0 Å². The average Bonchev–Trinajstić information content (AvgIpc) is 2.40. The summed E-state index contributed by atoms with van der Waals surface area (Å²) < 4.78 is 26.4. The van der Waals surface area contributed by atoms with Gasteiger partial charge in [0.15, 0.2) is 0 Å². The molecule has 20 heavy (non-hydrogen) atoms. The van der Waals surface area contributed by atoms with E-state index in [1.165, 1.54) is 10.4 Å². The van der Waals surface area contributed by atoms with E-state index in [0.717, 1.165) is 0 Å². The molecule has 1 aromatic rings. The molecule has 0 radical (unpaired) electrons. The van der Waals surface area contributed by atoms with Gasteiger partial charge in [0.1, 0.15) is 4.90 Å². The van der Waals surface area contributed by atoms with E-state index < -0.39 is 10.0 Å². The first-order valence-corrected chi connectivity index (χ1v) is 8.32. The van der Waals surface area contributed by atoms with E-state index in [1.54, 1.807) is 26.1 Å². The number of sulfonamides is 1. The highest BCUT2D eigenvalue weighted by molar-refractivity contribution is 7.89. The monoisotopic (exact) mass is 336 g/mol. The largest absolute Gasteiger partial charge is 0.316 e. The van der Waals surface area contributed by atoms with Gasteiger partial charge in [-0.2, -0.15) is 4.31 Å². The maximum atomic E-state index is 12.6. The predicted octanol–water partition coefficient (Wildman–Crippen LogP) is 2.91. The molecule has 0 saturated carbocycles. The van der Waals surface area contributed by atoms with Crippen molar-refractivity contribution in [2.45, 2.75) is 18.4 Å². The Labute approximate surface area is 130 Å². The third-order valence-corrected chi connectivity index (χ3v) is 5.69. The number of nitrogens with one attached hydrogen (secondary N) is 1. The summed E-state index contributed by atoms with van der Waals surface area (Å²) in [6.45, 7) is 6.31. The molecule has 112 valence electrons. The summed E-state index contributed by atoms with van der Waals surface area (Å²) in [6, 6.07) is 2.99. The lowest BCUT2D eigenvalue weighted by molar-refractivity contribution is 0.460. The fourth-order valence-electron chi connectivity index (χ4n) is 1.79. The third kappa shape index (κ3) is 3.54. The van der Waals surface area contributed by atoms with Gasteiger partial charge in [-0.1, -0.05) is 36.2 Å². The van der Waals surface area contributed by atoms with Crippen molar-refractivity contribution >= 4 is 33.2 Å². The minimum Gasteiger partial charge on any atom is -0.316 e. The summed E-state index contributed by atoms with van der Waals surface area (Å²) in [5, 5.41) is 3.52. The molecular weight excluding hydrogens is 319 g/mol. The zero-order valence-electron chi connectivity index (χ0n) is 11.5. The maximum absolute atomic E-state index is 12.6. The lowest BCUT2D eigenvalue weighted by Gasteiger charge is -2.20. The number of halogens is 2. The molecule has 0 heterocycles. The van der Waals surface area contributed by atoms with E-state index >= 15 is 0 Å². The summed E-state index contributed by atoms with van der Waals surface area (Å²) in [6.07, 6.45) is 1.54. The second kappa shape index (κ2) is 7.43. The van der Waals surface area contributed by atoms with Gasteiger partial charge < -0.3 is 5.32 Å².